The van der Waals surface area contributed by atoms with Gasteiger partial charge in [0, 0.05) is 26.7 Å². The van der Waals surface area contributed by atoms with Crippen molar-refractivity contribution in [3.8, 4) is 18.0 Å². The molecule has 2 rings (SSSR count). The van der Waals surface area contributed by atoms with Gasteiger partial charge in [-0.25, -0.2) is 0 Å². The van der Waals surface area contributed by atoms with Gasteiger partial charge in [0.1, 0.15) is 17.5 Å². The number of likely N-dealkylation sites (N-methyl/N-ethyl adjacent to an activating group) is 1. The van der Waals surface area contributed by atoms with Gasteiger partial charge in [-0.05, 0) is 32.0 Å². The van der Waals surface area contributed by atoms with Crippen LogP contribution in [0.5, 0.6) is 5.75 Å². The minimum Gasteiger partial charge on any atom is -0.485 e. The third kappa shape index (κ3) is 2.99. The van der Waals surface area contributed by atoms with E-state index in [2.05, 4.69) is 11.1 Å². The van der Waals surface area contributed by atoms with Crippen LogP contribution in [0.15, 0.2) is 23.2 Å². The van der Waals surface area contributed by atoms with E-state index in [1.54, 1.807) is 69.2 Å². The molecule has 0 saturated carbocycles. The standard InChI is InChI=1S/C17H21N5O2/c1-17(2)15(23)14(22(5)16(20-10-19)21(3)4)12-8-11(9-18)6-7-13(12)24-17/h6-8,14-15,23H,1-5H3/t14-,15+/m0/s1. The molecule has 0 spiro atoms. The van der Waals surface area contributed by atoms with E-state index in [-0.39, 0.29) is 0 Å². The normalized spacial score (nSPS) is 21.8. The molecule has 1 aromatic rings. The van der Waals surface area contributed by atoms with Crippen LogP contribution in [0.3, 0.4) is 0 Å². The van der Waals surface area contributed by atoms with Crippen LogP contribution in [0.4, 0.5) is 0 Å². The van der Waals surface area contributed by atoms with Crippen molar-refractivity contribution in [2.75, 3.05) is 21.1 Å². The summed E-state index contributed by atoms with van der Waals surface area (Å²) in [5.74, 6) is 1.02. The van der Waals surface area contributed by atoms with E-state index in [9.17, 15) is 10.4 Å². The van der Waals surface area contributed by atoms with Crippen LogP contribution in [-0.4, -0.2) is 53.7 Å². The van der Waals surface area contributed by atoms with E-state index in [0.717, 1.165) is 0 Å². The van der Waals surface area contributed by atoms with Crippen molar-refractivity contribution in [2.45, 2.75) is 31.6 Å². The van der Waals surface area contributed by atoms with Crippen LogP contribution < -0.4 is 4.74 Å². The Morgan fingerprint density at radius 2 is 1.96 bits per heavy atom. The first-order chi connectivity index (χ1) is 11.2. The van der Waals surface area contributed by atoms with Gasteiger partial charge in [0.05, 0.1) is 17.7 Å². The number of guanidine groups is 1. The highest BCUT2D eigenvalue weighted by molar-refractivity contribution is 5.81. The number of aliphatic hydroxyl groups is 1. The molecule has 24 heavy (non-hydrogen) atoms. The fourth-order valence-corrected chi connectivity index (χ4v) is 2.92. The molecule has 1 heterocycles. The number of hydrogen-bond donors (Lipinski definition) is 1. The van der Waals surface area contributed by atoms with Gasteiger partial charge in [-0.3, -0.25) is 0 Å². The molecule has 0 aliphatic carbocycles. The summed E-state index contributed by atoms with van der Waals surface area (Å²) in [6, 6.07) is 6.71. The Hall–Kier alpha value is -2.77. The predicted octanol–water partition coefficient (Wildman–Crippen LogP) is 1.46. The maximum atomic E-state index is 10.9. The van der Waals surface area contributed by atoms with Gasteiger partial charge in [0.25, 0.3) is 0 Å². The van der Waals surface area contributed by atoms with Gasteiger partial charge in [0.2, 0.25) is 12.2 Å². The molecule has 1 aliphatic rings. The highest BCUT2D eigenvalue weighted by Gasteiger charge is 2.45. The van der Waals surface area contributed by atoms with E-state index in [4.69, 9.17) is 10.00 Å². The molecule has 7 nitrogen and oxygen atoms in total. The van der Waals surface area contributed by atoms with E-state index < -0.39 is 17.7 Å². The summed E-state index contributed by atoms with van der Waals surface area (Å²) in [6.45, 7) is 3.60. The van der Waals surface area contributed by atoms with Crippen LogP contribution in [0.1, 0.15) is 31.0 Å². The number of fused-ring (bicyclic) bond motifs is 1. The SMILES string of the molecule is CN(C)C(=NC#N)N(C)[C@H]1c2cc(C#N)ccc2OC(C)(C)[C@@H]1O. The zero-order valence-corrected chi connectivity index (χ0v) is 14.5. The number of hydrogen-bond acceptors (Lipinski definition) is 5. The number of rotatable bonds is 1. The molecule has 0 saturated heterocycles. The minimum atomic E-state index is -0.882. The molecule has 7 heteroatoms. The van der Waals surface area contributed by atoms with Crippen molar-refractivity contribution >= 4 is 5.96 Å². The smallest absolute Gasteiger partial charge is 0.212 e. The summed E-state index contributed by atoms with van der Waals surface area (Å²) in [6.07, 6.45) is 0.909. The Kier molecular flexibility index (Phi) is 4.68. The van der Waals surface area contributed by atoms with Crippen molar-refractivity contribution < 1.29 is 9.84 Å². The molecule has 0 unspecified atom stereocenters. The number of ether oxygens (including phenoxy) is 1. The Bertz CT molecular complexity index is 742. The van der Waals surface area contributed by atoms with Crippen LogP contribution in [0.2, 0.25) is 0 Å². The topological polar surface area (TPSA) is 95.9 Å². The van der Waals surface area contributed by atoms with E-state index in [1.165, 1.54) is 0 Å². The summed E-state index contributed by atoms with van der Waals surface area (Å²) in [4.78, 5) is 7.29. The monoisotopic (exact) mass is 327 g/mol. The fraction of sp³-hybridized carbons (Fsp3) is 0.471. The predicted molar refractivity (Wildman–Crippen MR) is 89.1 cm³/mol. The summed E-state index contributed by atoms with van der Waals surface area (Å²) in [5.41, 5.74) is 0.339. The maximum Gasteiger partial charge on any atom is 0.212 e. The quantitative estimate of drug-likeness (QED) is 0.476. The van der Waals surface area contributed by atoms with E-state index >= 15 is 0 Å². The van der Waals surface area contributed by atoms with Crippen molar-refractivity contribution in [1.29, 1.82) is 10.5 Å². The zero-order chi connectivity index (χ0) is 18.1. The van der Waals surface area contributed by atoms with Gasteiger partial charge in [-0.15, -0.1) is 4.99 Å². The molecule has 2 atom stereocenters. The van der Waals surface area contributed by atoms with E-state index in [0.29, 0.717) is 22.8 Å². The van der Waals surface area contributed by atoms with E-state index in [1.807, 2.05) is 0 Å². The lowest BCUT2D eigenvalue weighted by molar-refractivity contribution is -0.0796. The average Bonchev–Trinajstić information content (AvgIpc) is 2.52. The second kappa shape index (κ2) is 6.38. The van der Waals surface area contributed by atoms with Gasteiger partial charge in [-0.2, -0.15) is 10.5 Å². The molecule has 1 N–H and O–H groups in total. The summed E-state index contributed by atoms with van der Waals surface area (Å²) in [5, 5.41) is 29.0. The second-order valence-corrected chi connectivity index (χ2v) is 6.48. The van der Waals surface area contributed by atoms with Gasteiger partial charge in [-0.1, -0.05) is 0 Å². The zero-order valence-electron chi connectivity index (χ0n) is 14.5. The molecule has 0 aromatic heterocycles. The number of benzene rings is 1. The van der Waals surface area contributed by atoms with Crippen LogP contribution >= 0.6 is 0 Å². The average molecular weight is 327 g/mol. The first-order valence-electron chi connectivity index (χ1n) is 7.51. The van der Waals surface area contributed by atoms with Gasteiger partial charge < -0.3 is 19.6 Å². The number of nitrogens with zero attached hydrogens (tertiary/aromatic N) is 5. The van der Waals surface area contributed by atoms with Crippen molar-refractivity contribution in [1.82, 2.24) is 9.80 Å². The highest BCUT2D eigenvalue weighted by atomic mass is 16.5. The lowest BCUT2D eigenvalue weighted by Crippen LogP contribution is -2.55. The first kappa shape index (κ1) is 17.6. The molecule has 0 amide bonds. The number of aliphatic hydroxyl groups excluding tert-OH is 1. The van der Waals surface area contributed by atoms with Crippen LogP contribution in [0.25, 0.3) is 0 Å². The molecule has 1 aliphatic heterocycles. The summed E-state index contributed by atoms with van der Waals surface area (Å²) >= 11 is 0. The third-order valence-electron chi connectivity index (χ3n) is 4.12. The maximum absolute atomic E-state index is 10.9. The lowest BCUT2D eigenvalue weighted by atomic mass is 9.85. The Morgan fingerprint density at radius 1 is 1.29 bits per heavy atom. The molecular formula is C17H21N5O2. The molecule has 126 valence electrons. The summed E-state index contributed by atoms with van der Waals surface area (Å²) < 4.78 is 5.91. The fourth-order valence-electron chi connectivity index (χ4n) is 2.92. The highest BCUT2D eigenvalue weighted by Crippen LogP contribution is 2.43. The minimum absolute atomic E-state index is 0.410. The largest absolute Gasteiger partial charge is 0.485 e. The Morgan fingerprint density at radius 3 is 2.50 bits per heavy atom. The molecule has 0 bridgehead atoms. The van der Waals surface area contributed by atoms with Gasteiger partial charge >= 0.3 is 0 Å². The molecule has 0 radical (unpaired) electrons. The Balaban J connectivity index is 2.61. The molecular weight excluding hydrogens is 306 g/mol. The Labute approximate surface area is 142 Å². The second-order valence-electron chi connectivity index (χ2n) is 6.48. The van der Waals surface area contributed by atoms with Crippen molar-refractivity contribution in [3.05, 3.63) is 29.3 Å². The third-order valence-corrected chi connectivity index (χ3v) is 4.12. The molecule has 1 aromatic carbocycles. The van der Waals surface area contributed by atoms with Gasteiger partial charge in [0.15, 0.2) is 0 Å². The first-order valence-corrected chi connectivity index (χ1v) is 7.51. The van der Waals surface area contributed by atoms with Crippen LogP contribution in [-0.2, 0) is 0 Å². The summed E-state index contributed by atoms with van der Waals surface area (Å²) in [7, 11) is 5.31. The van der Waals surface area contributed by atoms with Crippen LogP contribution in [0, 0.1) is 22.8 Å². The van der Waals surface area contributed by atoms with Crippen molar-refractivity contribution in [2.24, 2.45) is 4.99 Å². The number of aliphatic imine (C=N–C) groups is 1. The molecule has 0 fully saturated rings. The number of nitriles is 2. The van der Waals surface area contributed by atoms with Crippen molar-refractivity contribution in [3.63, 3.8) is 0 Å². The lowest BCUT2D eigenvalue weighted by Gasteiger charge is -2.46.